The van der Waals surface area contributed by atoms with Gasteiger partial charge in [-0.15, -0.1) is 6.58 Å². The van der Waals surface area contributed by atoms with Gasteiger partial charge in [0.2, 0.25) is 10.0 Å². The van der Waals surface area contributed by atoms with Crippen LogP contribution in [-0.4, -0.2) is 15.0 Å². The minimum atomic E-state index is -3.64. The fraction of sp³-hybridized carbons (Fsp3) is 0.111. The topological polar surface area (TPSA) is 46.2 Å². The molecule has 82 valence electrons. The lowest BCUT2D eigenvalue weighted by molar-refractivity contribution is 0.580. The van der Waals surface area contributed by atoms with Gasteiger partial charge in [0.15, 0.2) is 0 Å². The van der Waals surface area contributed by atoms with E-state index in [1.165, 1.54) is 18.2 Å². The van der Waals surface area contributed by atoms with Crippen molar-refractivity contribution < 1.29 is 12.8 Å². The summed E-state index contributed by atoms with van der Waals surface area (Å²) in [4.78, 5) is -0.106. The van der Waals surface area contributed by atoms with Crippen molar-refractivity contribution in [1.29, 1.82) is 0 Å². The standard InChI is InChI=1S/C9H9BrFNO2S/c1-2-5-12-15(13,14)7-3-4-8(10)9(11)6-7/h2-4,6,12H,1,5H2. The molecular formula is C9H9BrFNO2S. The predicted octanol–water partition coefficient (Wildman–Crippen LogP) is 2.05. The summed E-state index contributed by atoms with van der Waals surface area (Å²) in [6.07, 6.45) is 1.41. The zero-order chi connectivity index (χ0) is 11.5. The number of benzene rings is 1. The lowest BCUT2D eigenvalue weighted by Crippen LogP contribution is -2.23. The molecule has 0 unspecified atom stereocenters. The van der Waals surface area contributed by atoms with E-state index in [1.54, 1.807) is 0 Å². The van der Waals surface area contributed by atoms with E-state index in [-0.39, 0.29) is 15.9 Å². The van der Waals surface area contributed by atoms with Gasteiger partial charge in [-0.05, 0) is 34.1 Å². The average Bonchev–Trinajstić information content (AvgIpc) is 2.19. The van der Waals surface area contributed by atoms with Gasteiger partial charge < -0.3 is 0 Å². The lowest BCUT2D eigenvalue weighted by Gasteiger charge is -2.04. The highest BCUT2D eigenvalue weighted by molar-refractivity contribution is 9.10. The first-order valence-electron chi connectivity index (χ1n) is 4.03. The maximum absolute atomic E-state index is 13.1. The van der Waals surface area contributed by atoms with Crippen molar-refractivity contribution in [3.63, 3.8) is 0 Å². The molecule has 0 atom stereocenters. The van der Waals surface area contributed by atoms with E-state index in [9.17, 15) is 12.8 Å². The molecule has 0 heterocycles. The van der Waals surface area contributed by atoms with Crippen molar-refractivity contribution in [3.8, 4) is 0 Å². The van der Waals surface area contributed by atoms with Gasteiger partial charge in [0.1, 0.15) is 5.82 Å². The molecule has 1 aromatic rings. The van der Waals surface area contributed by atoms with Crippen LogP contribution in [0.25, 0.3) is 0 Å². The third-order valence-corrected chi connectivity index (χ3v) is 3.68. The van der Waals surface area contributed by atoms with E-state index in [2.05, 4.69) is 27.2 Å². The van der Waals surface area contributed by atoms with Crippen LogP contribution in [0.2, 0.25) is 0 Å². The van der Waals surface area contributed by atoms with Gasteiger partial charge in [-0.25, -0.2) is 17.5 Å². The predicted molar refractivity (Wildman–Crippen MR) is 59.5 cm³/mol. The second kappa shape index (κ2) is 4.87. The van der Waals surface area contributed by atoms with Crippen LogP contribution in [0.1, 0.15) is 0 Å². The highest BCUT2D eigenvalue weighted by atomic mass is 79.9. The Morgan fingerprint density at radius 2 is 2.20 bits per heavy atom. The number of hydrogen-bond donors (Lipinski definition) is 1. The monoisotopic (exact) mass is 293 g/mol. The molecule has 0 saturated carbocycles. The Morgan fingerprint density at radius 3 is 2.73 bits per heavy atom. The zero-order valence-corrected chi connectivity index (χ0v) is 10.1. The highest BCUT2D eigenvalue weighted by Crippen LogP contribution is 2.19. The molecule has 1 rings (SSSR count). The molecule has 0 bridgehead atoms. The first kappa shape index (κ1) is 12.4. The summed E-state index contributed by atoms with van der Waals surface area (Å²) in [5, 5.41) is 0. The van der Waals surface area contributed by atoms with E-state index >= 15 is 0 Å². The van der Waals surface area contributed by atoms with Gasteiger partial charge in [-0.1, -0.05) is 6.08 Å². The largest absolute Gasteiger partial charge is 0.240 e. The van der Waals surface area contributed by atoms with Crippen molar-refractivity contribution in [2.24, 2.45) is 0 Å². The molecule has 0 aromatic heterocycles. The third kappa shape index (κ3) is 3.12. The highest BCUT2D eigenvalue weighted by Gasteiger charge is 2.14. The Morgan fingerprint density at radius 1 is 1.53 bits per heavy atom. The van der Waals surface area contributed by atoms with Crippen LogP contribution in [0, 0.1) is 5.82 Å². The molecule has 0 fully saturated rings. The summed E-state index contributed by atoms with van der Waals surface area (Å²) in [6, 6.07) is 3.62. The molecule has 0 spiro atoms. The first-order valence-corrected chi connectivity index (χ1v) is 6.30. The van der Waals surface area contributed by atoms with E-state index in [4.69, 9.17) is 0 Å². The molecule has 15 heavy (non-hydrogen) atoms. The van der Waals surface area contributed by atoms with E-state index in [0.29, 0.717) is 0 Å². The number of halogens is 2. The summed E-state index contributed by atoms with van der Waals surface area (Å²) < 4.78 is 38.6. The second-order valence-electron chi connectivity index (χ2n) is 2.72. The molecule has 0 saturated heterocycles. The maximum atomic E-state index is 13.1. The number of rotatable bonds is 4. The zero-order valence-electron chi connectivity index (χ0n) is 7.70. The van der Waals surface area contributed by atoms with Crippen LogP contribution in [0.4, 0.5) is 4.39 Å². The molecule has 0 aliphatic heterocycles. The molecule has 0 amide bonds. The van der Waals surface area contributed by atoms with Gasteiger partial charge in [0, 0.05) is 6.54 Å². The molecule has 0 radical (unpaired) electrons. The summed E-state index contributed by atoms with van der Waals surface area (Å²) in [7, 11) is -3.64. The average molecular weight is 294 g/mol. The number of nitrogens with one attached hydrogen (secondary N) is 1. The van der Waals surface area contributed by atoms with Gasteiger partial charge in [-0.3, -0.25) is 0 Å². The fourth-order valence-corrected chi connectivity index (χ4v) is 2.15. The number of sulfonamides is 1. The van der Waals surface area contributed by atoms with Crippen molar-refractivity contribution >= 4 is 26.0 Å². The summed E-state index contributed by atoms with van der Waals surface area (Å²) in [5.41, 5.74) is 0. The van der Waals surface area contributed by atoms with Gasteiger partial charge in [0.05, 0.1) is 9.37 Å². The van der Waals surface area contributed by atoms with Crippen LogP contribution in [-0.2, 0) is 10.0 Å². The van der Waals surface area contributed by atoms with Crippen LogP contribution in [0.3, 0.4) is 0 Å². The van der Waals surface area contributed by atoms with E-state index in [1.807, 2.05) is 0 Å². The summed E-state index contributed by atoms with van der Waals surface area (Å²) >= 11 is 2.94. The first-order chi connectivity index (χ1) is 6.97. The van der Waals surface area contributed by atoms with Crippen LogP contribution < -0.4 is 4.72 Å². The van der Waals surface area contributed by atoms with E-state index < -0.39 is 15.8 Å². The van der Waals surface area contributed by atoms with Crippen LogP contribution in [0.15, 0.2) is 40.2 Å². The third-order valence-electron chi connectivity index (χ3n) is 1.62. The summed E-state index contributed by atoms with van der Waals surface area (Å²) in [6.45, 7) is 3.49. The molecule has 3 nitrogen and oxygen atoms in total. The Kier molecular flexibility index (Phi) is 4.01. The lowest BCUT2D eigenvalue weighted by atomic mass is 10.3. The molecule has 0 aliphatic rings. The Balaban J connectivity index is 3.05. The molecular weight excluding hydrogens is 285 g/mol. The molecule has 6 heteroatoms. The van der Waals surface area contributed by atoms with Gasteiger partial charge >= 0.3 is 0 Å². The molecule has 1 N–H and O–H groups in total. The minimum Gasteiger partial charge on any atom is -0.207 e. The Labute approximate surface area is 96.2 Å². The van der Waals surface area contributed by atoms with E-state index in [0.717, 1.165) is 6.07 Å². The Hall–Kier alpha value is -0.720. The van der Waals surface area contributed by atoms with Gasteiger partial charge in [-0.2, -0.15) is 0 Å². The molecule has 0 aliphatic carbocycles. The fourth-order valence-electron chi connectivity index (χ4n) is 0.896. The van der Waals surface area contributed by atoms with Crippen molar-refractivity contribution in [3.05, 3.63) is 41.1 Å². The second-order valence-corrected chi connectivity index (χ2v) is 5.34. The maximum Gasteiger partial charge on any atom is 0.240 e. The van der Waals surface area contributed by atoms with Gasteiger partial charge in [0.25, 0.3) is 0 Å². The SMILES string of the molecule is C=CCNS(=O)(=O)c1ccc(Br)c(F)c1. The van der Waals surface area contributed by atoms with Crippen molar-refractivity contribution in [2.45, 2.75) is 4.90 Å². The normalized spacial score (nSPS) is 11.3. The number of hydrogen-bond acceptors (Lipinski definition) is 2. The quantitative estimate of drug-likeness (QED) is 0.864. The Bertz CT molecular complexity index is 473. The minimum absolute atomic E-state index is 0.106. The van der Waals surface area contributed by atoms with Crippen LogP contribution >= 0.6 is 15.9 Å². The molecule has 1 aromatic carbocycles. The van der Waals surface area contributed by atoms with Crippen molar-refractivity contribution in [1.82, 2.24) is 4.72 Å². The smallest absolute Gasteiger partial charge is 0.207 e. The van der Waals surface area contributed by atoms with Crippen LogP contribution in [0.5, 0.6) is 0 Å². The summed E-state index contributed by atoms with van der Waals surface area (Å²) in [5.74, 6) is -0.614. The van der Waals surface area contributed by atoms with Crippen molar-refractivity contribution in [2.75, 3.05) is 6.54 Å².